The van der Waals surface area contributed by atoms with Crippen molar-refractivity contribution >= 4 is 80.6 Å². The summed E-state index contributed by atoms with van der Waals surface area (Å²) in [7, 11) is 0. The summed E-state index contributed by atoms with van der Waals surface area (Å²) in [5.41, 5.74) is 0. The first-order chi connectivity index (χ1) is 5.54. The van der Waals surface area contributed by atoms with Gasteiger partial charge in [-0.1, -0.05) is 36.9 Å². The summed E-state index contributed by atoms with van der Waals surface area (Å²) in [6.45, 7) is 4.36. The molecule has 0 aromatic carbocycles. The van der Waals surface area contributed by atoms with Crippen LogP contribution in [0.5, 0.6) is 0 Å². The van der Waals surface area contributed by atoms with Gasteiger partial charge in [-0.25, -0.2) is 9.59 Å². The van der Waals surface area contributed by atoms with Crippen LogP contribution in [0.15, 0.2) is 10.2 Å². The summed E-state index contributed by atoms with van der Waals surface area (Å²) in [5, 5.41) is 19.8. The van der Waals surface area contributed by atoms with Gasteiger partial charge < -0.3 is 10.2 Å². The topological polar surface area (TPSA) is 99.3 Å². The maximum atomic E-state index is 9.38. The zero-order valence-electron chi connectivity index (χ0n) is 7.43. The fourth-order valence-corrected chi connectivity index (χ4v) is 0.0855. The molecule has 2 N–H and O–H groups in total. The molecule has 2 amide bonds. The first-order valence-corrected chi connectivity index (χ1v) is 3.42. The normalized spacial score (nSPS) is 7.57. The Balaban J connectivity index is -0.0000000733. The number of azo groups is 1. The minimum absolute atomic E-state index is 0. The van der Waals surface area contributed by atoms with Gasteiger partial charge in [0.25, 0.3) is 0 Å². The van der Waals surface area contributed by atoms with E-state index in [0.717, 1.165) is 0 Å². The molecule has 0 atom stereocenters. The van der Waals surface area contributed by atoms with Crippen LogP contribution in [0.2, 0.25) is 0 Å². The third kappa shape index (κ3) is 38.8. The van der Waals surface area contributed by atoms with E-state index >= 15 is 0 Å². The summed E-state index contributed by atoms with van der Waals surface area (Å²) in [4.78, 5) is 18.8. The third-order valence-electron chi connectivity index (χ3n) is 0.721. The number of hydrogen-bond acceptors (Lipinski definition) is 2. The van der Waals surface area contributed by atoms with Gasteiger partial charge in [0.05, 0.1) is 0 Å². The SMILES string of the molecule is Br.CCCC.O=C(O)/N=N/C(=O)O.[KH]. The van der Waals surface area contributed by atoms with Gasteiger partial charge in [0.1, 0.15) is 0 Å². The van der Waals surface area contributed by atoms with Crippen molar-refractivity contribution in [1.82, 2.24) is 0 Å². The van der Waals surface area contributed by atoms with E-state index in [-0.39, 0.29) is 68.4 Å². The van der Waals surface area contributed by atoms with Gasteiger partial charge >= 0.3 is 63.6 Å². The van der Waals surface area contributed by atoms with Crippen LogP contribution < -0.4 is 0 Å². The van der Waals surface area contributed by atoms with Gasteiger partial charge in [-0.2, -0.15) is 0 Å². The Labute approximate surface area is 135 Å². The van der Waals surface area contributed by atoms with Gasteiger partial charge in [0, 0.05) is 0 Å². The van der Waals surface area contributed by atoms with Crippen molar-refractivity contribution in [3.8, 4) is 0 Å². The van der Waals surface area contributed by atoms with Crippen LogP contribution in [0.4, 0.5) is 9.59 Å². The molecule has 0 aromatic rings. The van der Waals surface area contributed by atoms with Crippen LogP contribution >= 0.6 is 17.0 Å². The average molecular weight is 297 g/mol. The van der Waals surface area contributed by atoms with Gasteiger partial charge in [0.2, 0.25) is 0 Å². The Morgan fingerprint density at radius 1 is 1.00 bits per heavy atom. The van der Waals surface area contributed by atoms with E-state index in [1.165, 1.54) is 12.8 Å². The van der Waals surface area contributed by atoms with Gasteiger partial charge in [-0.05, 0) is 0 Å². The van der Waals surface area contributed by atoms with Crippen LogP contribution in [-0.4, -0.2) is 73.8 Å². The van der Waals surface area contributed by atoms with Gasteiger partial charge in [0.15, 0.2) is 0 Å². The Hall–Kier alpha value is 0.656. The zero-order valence-corrected chi connectivity index (χ0v) is 9.14. The number of nitrogens with zero attached hydrogens (tertiary/aromatic N) is 2. The Morgan fingerprint density at radius 3 is 1.29 bits per heavy atom. The first kappa shape index (κ1) is 24.1. The second-order valence-electron chi connectivity index (χ2n) is 1.77. The van der Waals surface area contributed by atoms with Crippen molar-refractivity contribution in [3.05, 3.63) is 0 Å². The molecule has 0 radical (unpaired) electrons. The molecule has 0 unspecified atom stereocenters. The quantitative estimate of drug-likeness (QED) is 0.573. The van der Waals surface area contributed by atoms with Crippen LogP contribution in [0.1, 0.15) is 26.7 Å². The van der Waals surface area contributed by atoms with E-state index in [2.05, 4.69) is 24.1 Å². The fourth-order valence-electron chi connectivity index (χ4n) is 0.0855. The Bertz CT molecular complexity index is 159. The second kappa shape index (κ2) is 19.3. The molecule has 0 aliphatic rings. The van der Waals surface area contributed by atoms with Crippen molar-refractivity contribution in [2.45, 2.75) is 26.7 Å². The predicted octanol–water partition coefficient (Wildman–Crippen LogP) is 2.53. The van der Waals surface area contributed by atoms with E-state index < -0.39 is 12.2 Å². The molecule has 0 fully saturated rings. The molecule has 0 aliphatic heterocycles. The molecule has 80 valence electrons. The molecule has 0 spiro atoms. The molecule has 0 heterocycles. The summed E-state index contributed by atoms with van der Waals surface area (Å²) in [6, 6.07) is 0. The van der Waals surface area contributed by atoms with E-state index in [0.29, 0.717) is 0 Å². The van der Waals surface area contributed by atoms with Crippen molar-refractivity contribution in [1.29, 1.82) is 0 Å². The average Bonchev–Trinajstić information content (AvgIpc) is 2.01. The molecule has 0 aliphatic carbocycles. The summed E-state index contributed by atoms with van der Waals surface area (Å²) >= 11 is 0. The van der Waals surface area contributed by atoms with Crippen molar-refractivity contribution in [2.75, 3.05) is 0 Å². The van der Waals surface area contributed by atoms with Crippen LogP contribution in [0.3, 0.4) is 0 Å². The maximum absolute atomic E-state index is 9.38. The number of halogens is 1. The minimum atomic E-state index is -1.62. The molecule has 0 rings (SSSR count). The van der Waals surface area contributed by atoms with Crippen molar-refractivity contribution in [2.24, 2.45) is 10.2 Å². The summed E-state index contributed by atoms with van der Waals surface area (Å²) in [5.74, 6) is 0. The van der Waals surface area contributed by atoms with Crippen molar-refractivity contribution in [3.63, 3.8) is 0 Å². The molecular weight excluding hydrogens is 283 g/mol. The molecule has 0 aromatic heterocycles. The molecule has 0 saturated carbocycles. The number of amides is 2. The molecule has 0 bridgehead atoms. The Kier molecular flexibility index (Phi) is 33.1. The first-order valence-electron chi connectivity index (χ1n) is 3.42. The number of rotatable bonds is 1. The van der Waals surface area contributed by atoms with E-state index in [1.807, 2.05) is 0 Å². The number of carboxylic acid groups (broad SMARTS) is 2. The third-order valence-corrected chi connectivity index (χ3v) is 0.721. The monoisotopic (exact) mass is 296 g/mol. The van der Waals surface area contributed by atoms with Crippen molar-refractivity contribution < 1.29 is 19.8 Å². The van der Waals surface area contributed by atoms with Crippen LogP contribution in [0.25, 0.3) is 0 Å². The Morgan fingerprint density at radius 2 is 1.21 bits per heavy atom. The standard InChI is InChI=1S/C4H10.C2H2N2O4.BrH.K.H/c1-3-4-2;5-1(6)3-4-2(7)8;;;/h3-4H2,1-2H3;(H,5,6)(H,7,8);1H;;/b;4-3+;;;. The van der Waals surface area contributed by atoms with E-state index in [4.69, 9.17) is 10.2 Å². The molecular formula is C6H14BrKN2O4. The molecule has 6 nitrogen and oxygen atoms in total. The number of hydrogen-bond donors (Lipinski definition) is 2. The predicted molar refractivity (Wildman–Crippen MR) is 59.0 cm³/mol. The molecule has 8 heteroatoms. The second-order valence-corrected chi connectivity index (χ2v) is 1.77. The summed E-state index contributed by atoms with van der Waals surface area (Å²) in [6.07, 6.45) is -0.597. The van der Waals surface area contributed by atoms with Crippen LogP contribution in [0, 0.1) is 0 Å². The summed E-state index contributed by atoms with van der Waals surface area (Å²) < 4.78 is 0. The number of carbonyl (C=O) groups is 2. The fraction of sp³-hybridized carbons (Fsp3) is 0.667. The zero-order chi connectivity index (χ0) is 9.98. The number of unbranched alkanes of at least 4 members (excludes halogenated alkanes) is 1. The molecule has 0 saturated heterocycles. The van der Waals surface area contributed by atoms with Crippen LogP contribution in [-0.2, 0) is 0 Å². The molecule has 14 heavy (non-hydrogen) atoms. The van der Waals surface area contributed by atoms with E-state index in [1.54, 1.807) is 0 Å². The van der Waals surface area contributed by atoms with E-state index in [9.17, 15) is 9.59 Å². The van der Waals surface area contributed by atoms with Gasteiger partial charge in [-0.3, -0.25) is 0 Å². The van der Waals surface area contributed by atoms with Gasteiger partial charge in [-0.15, -0.1) is 17.0 Å².